The van der Waals surface area contributed by atoms with Gasteiger partial charge < -0.3 is 10.6 Å². The Morgan fingerprint density at radius 2 is 1.81 bits per heavy atom. The Hall–Kier alpha value is -2.90. The van der Waals surface area contributed by atoms with E-state index in [9.17, 15) is 19.2 Å². The zero-order chi connectivity index (χ0) is 19.5. The van der Waals surface area contributed by atoms with Crippen molar-refractivity contribution in [2.75, 3.05) is 13.1 Å². The molecule has 0 spiro atoms. The first-order valence-electron chi connectivity index (χ1n) is 8.42. The smallest absolute Gasteiger partial charge is 0.325 e. The zero-order valence-corrected chi connectivity index (χ0v) is 15.4. The Kier molecular flexibility index (Phi) is 5.64. The van der Waals surface area contributed by atoms with Crippen LogP contribution in [0.5, 0.6) is 0 Å². The molecule has 1 heterocycles. The molecule has 1 aliphatic heterocycles. The number of hydrogen-bond acceptors (Lipinski definition) is 4. The third-order valence-electron chi connectivity index (χ3n) is 4.13. The Bertz CT molecular complexity index is 729. The molecule has 1 aromatic carbocycles. The van der Waals surface area contributed by atoms with Crippen molar-refractivity contribution in [3.63, 3.8) is 0 Å². The highest BCUT2D eigenvalue weighted by atomic mass is 16.2. The molecule has 140 valence electrons. The number of benzene rings is 1. The number of aryl methyl sites for hydroxylation is 1. The molecule has 0 aliphatic carbocycles. The number of nitrogens with zero attached hydrogens (tertiary/aromatic N) is 1. The summed E-state index contributed by atoms with van der Waals surface area (Å²) in [4.78, 5) is 49.3. The van der Waals surface area contributed by atoms with Gasteiger partial charge in [-0.05, 0) is 25.3 Å². The van der Waals surface area contributed by atoms with Crippen molar-refractivity contribution in [3.05, 3.63) is 35.4 Å². The minimum absolute atomic E-state index is 0.233. The van der Waals surface area contributed by atoms with Gasteiger partial charge in [-0.25, -0.2) is 9.59 Å². The Morgan fingerprint density at radius 1 is 1.19 bits per heavy atom. The SMILES string of the molecule is Cc1ccc([C@@]2(C)NC(=O)N(CC(=O)NC(=O)NCC(C)C)C2=O)cc1. The normalized spacial score (nSPS) is 19.5. The van der Waals surface area contributed by atoms with E-state index < -0.39 is 36.0 Å². The van der Waals surface area contributed by atoms with Crippen LogP contribution in [-0.4, -0.2) is 41.9 Å². The second-order valence-corrected chi connectivity index (χ2v) is 6.96. The van der Waals surface area contributed by atoms with E-state index in [1.165, 1.54) is 0 Å². The number of carbonyl (C=O) groups is 4. The van der Waals surface area contributed by atoms with Crippen LogP contribution in [0.2, 0.25) is 0 Å². The summed E-state index contributed by atoms with van der Waals surface area (Å²) in [6.45, 7) is 7.23. The maximum absolute atomic E-state index is 12.7. The van der Waals surface area contributed by atoms with E-state index in [0.29, 0.717) is 12.1 Å². The average Bonchev–Trinajstić information content (AvgIpc) is 2.77. The molecule has 3 N–H and O–H groups in total. The van der Waals surface area contributed by atoms with Crippen LogP contribution in [0.3, 0.4) is 0 Å². The molecule has 0 unspecified atom stereocenters. The number of rotatable bonds is 5. The van der Waals surface area contributed by atoms with Crippen LogP contribution in [0.1, 0.15) is 31.9 Å². The van der Waals surface area contributed by atoms with Gasteiger partial charge in [0.05, 0.1) is 0 Å². The fourth-order valence-electron chi connectivity index (χ4n) is 2.57. The lowest BCUT2D eigenvalue weighted by molar-refractivity contribution is -0.134. The van der Waals surface area contributed by atoms with Gasteiger partial charge in [0.25, 0.3) is 5.91 Å². The molecule has 2 rings (SSSR count). The Labute approximate surface area is 152 Å². The summed E-state index contributed by atoms with van der Waals surface area (Å²) >= 11 is 0. The van der Waals surface area contributed by atoms with Crippen molar-refractivity contribution < 1.29 is 19.2 Å². The first-order valence-corrected chi connectivity index (χ1v) is 8.42. The quantitative estimate of drug-likeness (QED) is 0.687. The summed E-state index contributed by atoms with van der Waals surface area (Å²) < 4.78 is 0. The predicted molar refractivity (Wildman–Crippen MR) is 95.2 cm³/mol. The molecule has 0 radical (unpaired) electrons. The fraction of sp³-hybridized carbons (Fsp3) is 0.444. The summed E-state index contributed by atoms with van der Waals surface area (Å²) in [5.74, 6) is -1.04. The van der Waals surface area contributed by atoms with E-state index in [4.69, 9.17) is 0 Å². The lowest BCUT2D eigenvalue weighted by atomic mass is 9.91. The lowest BCUT2D eigenvalue weighted by Crippen LogP contribution is -2.47. The van der Waals surface area contributed by atoms with Crippen LogP contribution in [0, 0.1) is 12.8 Å². The summed E-state index contributed by atoms with van der Waals surface area (Å²) in [6.07, 6.45) is 0. The molecule has 0 bridgehead atoms. The minimum atomic E-state index is -1.25. The van der Waals surface area contributed by atoms with Crippen molar-refractivity contribution in [2.45, 2.75) is 33.2 Å². The van der Waals surface area contributed by atoms with Gasteiger partial charge in [-0.3, -0.25) is 19.8 Å². The number of nitrogens with one attached hydrogen (secondary N) is 3. The van der Waals surface area contributed by atoms with Gasteiger partial charge in [-0.2, -0.15) is 0 Å². The van der Waals surface area contributed by atoms with Crippen molar-refractivity contribution in [1.82, 2.24) is 20.9 Å². The van der Waals surface area contributed by atoms with Crippen molar-refractivity contribution in [1.29, 1.82) is 0 Å². The van der Waals surface area contributed by atoms with Gasteiger partial charge in [0, 0.05) is 6.54 Å². The predicted octanol–water partition coefficient (Wildman–Crippen LogP) is 1.24. The number of hydrogen-bond donors (Lipinski definition) is 3. The second-order valence-electron chi connectivity index (χ2n) is 6.96. The summed E-state index contributed by atoms with van der Waals surface area (Å²) in [7, 11) is 0. The van der Waals surface area contributed by atoms with E-state index in [-0.39, 0.29) is 5.92 Å². The third-order valence-corrected chi connectivity index (χ3v) is 4.13. The van der Waals surface area contributed by atoms with E-state index in [1.807, 2.05) is 32.9 Å². The third kappa shape index (κ3) is 4.19. The van der Waals surface area contributed by atoms with E-state index in [0.717, 1.165) is 10.5 Å². The van der Waals surface area contributed by atoms with Gasteiger partial charge in [0.2, 0.25) is 5.91 Å². The molecule has 1 aliphatic rings. The van der Waals surface area contributed by atoms with Crippen molar-refractivity contribution in [3.8, 4) is 0 Å². The Morgan fingerprint density at radius 3 is 2.38 bits per heavy atom. The number of amides is 6. The van der Waals surface area contributed by atoms with Gasteiger partial charge in [-0.1, -0.05) is 43.7 Å². The van der Waals surface area contributed by atoms with Crippen LogP contribution in [0.15, 0.2) is 24.3 Å². The van der Waals surface area contributed by atoms with Gasteiger partial charge in [-0.15, -0.1) is 0 Å². The number of imide groups is 2. The molecule has 1 saturated heterocycles. The van der Waals surface area contributed by atoms with E-state index >= 15 is 0 Å². The summed E-state index contributed by atoms with van der Waals surface area (Å²) in [5, 5.41) is 7.27. The topological polar surface area (TPSA) is 108 Å². The monoisotopic (exact) mass is 360 g/mol. The molecule has 1 atom stereocenters. The van der Waals surface area contributed by atoms with Crippen molar-refractivity contribution >= 4 is 23.9 Å². The van der Waals surface area contributed by atoms with Crippen LogP contribution in [0.4, 0.5) is 9.59 Å². The fourth-order valence-corrected chi connectivity index (χ4v) is 2.57. The lowest BCUT2D eigenvalue weighted by Gasteiger charge is -2.22. The van der Waals surface area contributed by atoms with Crippen LogP contribution in [-0.2, 0) is 15.1 Å². The highest BCUT2D eigenvalue weighted by molar-refractivity contribution is 6.10. The number of carbonyl (C=O) groups excluding carboxylic acids is 4. The molecule has 0 aromatic heterocycles. The van der Waals surface area contributed by atoms with Crippen LogP contribution < -0.4 is 16.0 Å². The molecule has 8 heteroatoms. The van der Waals surface area contributed by atoms with Crippen LogP contribution >= 0.6 is 0 Å². The molecule has 26 heavy (non-hydrogen) atoms. The Balaban J connectivity index is 2.03. The molecule has 1 aromatic rings. The van der Waals surface area contributed by atoms with Crippen molar-refractivity contribution in [2.24, 2.45) is 5.92 Å². The number of urea groups is 2. The molecule has 8 nitrogen and oxygen atoms in total. The van der Waals surface area contributed by atoms with Crippen LogP contribution in [0.25, 0.3) is 0 Å². The molecular formula is C18H24N4O4. The zero-order valence-electron chi connectivity index (χ0n) is 15.4. The maximum Gasteiger partial charge on any atom is 0.325 e. The highest BCUT2D eigenvalue weighted by Crippen LogP contribution is 2.28. The average molecular weight is 360 g/mol. The highest BCUT2D eigenvalue weighted by Gasteiger charge is 2.49. The minimum Gasteiger partial charge on any atom is -0.338 e. The maximum atomic E-state index is 12.7. The first-order chi connectivity index (χ1) is 12.1. The largest absolute Gasteiger partial charge is 0.338 e. The first kappa shape index (κ1) is 19.4. The molecule has 1 fully saturated rings. The summed E-state index contributed by atoms with van der Waals surface area (Å²) in [5.41, 5.74) is 0.405. The van der Waals surface area contributed by atoms with Gasteiger partial charge in [0.1, 0.15) is 12.1 Å². The molecule has 6 amide bonds. The molecule has 0 saturated carbocycles. The van der Waals surface area contributed by atoms with Gasteiger partial charge in [0.15, 0.2) is 0 Å². The molecular weight excluding hydrogens is 336 g/mol. The standard InChI is InChI=1S/C18H24N4O4/c1-11(2)9-19-16(25)20-14(23)10-22-15(24)18(4,21-17(22)26)13-7-5-12(3)6-8-13/h5-8,11H,9-10H2,1-4H3,(H,21,26)(H2,19,20,23,25)/t18-/m1/s1. The summed E-state index contributed by atoms with van der Waals surface area (Å²) in [6, 6.07) is 5.88. The second kappa shape index (κ2) is 7.55. The van der Waals surface area contributed by atoms with E-state index in [2.05, 4.69) is 16.0 Å². The van der Waals surface area contributed by atoms with Gasteiger partial charge >= 0.3 is 12.1 Å². The van der Waals surface area contributed by atoms with E-state index in [1.54, 1.807) is 19.1 Å².